The molecule has 11 heteroatoms. The highest BCUT2D eigenvalue weighted by Gasteiger charge is 2.34. The maximum absolute atomic E-state index is 16.2. The molecule has 2 aliphatic carbocycles. The summed E-state index contributed by atoms with van der Waals surface area (Å²) in [6, 6.07) is 12.5. The first-order valence-corrected chi connectivity index (χ1v) is 17.1. The molecular weight excluding hydrogens is 593 g/mol. The van der Waals surface area contributed by atoms with Crippen LogP contribution in [0.1, 0.15) is 67.0 Å². The predicted octanol–water partition coefficient (Wildman–Crippen LogP) is 6.56. The Morgan fingerprint density at radius 2 is 1.73 bits per heavy atom. The zero-order valence-corrected chi connectivity index (χ0v) is 26.2. The van der Waals surface area contributed by atoms with Crippen LogP contribution in [-0.2, 0) is 16.4 Å². The summed E-state index contributed by atoms with van der Waals surface area (Å²) in [5.41, 5.74) is 3.00. The van der Waals surface area contributed by atoms with Gasteiger partial charge in [-0.05, 0) is 80.2 Å². The SMILES string of the molecule is Cc1cccc(C)c1-c1nc2nc(c1F)OC[C@@H](CC1CC1)C(Cc1ncc(OC3CCC3)cn1)c1cccc(c1)S(=O)(=O)N2. The number of hydrogen-bond donors (Lipinski definition) is 1. The molecule has 1 aliphatic heterocycles. The van der Waals surface area contributed by atoms with E-state index in [2.05, 4.69) is 24.7 Å². The third-order valence-corrected chi connectivity index (χ3v) is 10.5. The minimum Gasteiger partial charge on any atom is -0.487 e. The van der Waals surface area contributed by atoms with Crippen LogP contribution in [0.5, 0.6) is 11.6 Å². The van der Waals surface area contributed by atoms with Crippen LogP contribution in [0, 0.1) is 31.5 Å². The van der Waals surface area contributed by atoms with Gasteiger partial charge in [0.2, 0.25) is 11.8 Å². The van der Waals surface area contributed by atoms with Gasteiger partial charge in [-0.1, -0.05) is 43.2 Å². The Morgan fingerprint density at radius 1 is 1.00 bits per heavy atom. The molecule has 1 unspecified atom stereocenters. The molecular formula is C34H36FN5O4S. The van der Waals surface area contributed by atoms with Crippen molar-refractivity contribution in [3.63, 3.8) is 0 Å². The third kappa shape index (κ3) is 6.36. The zero-order valence-electron chi connectivity index (χ0n) is 25.4. The van der Waals surface area contributed by atoms with Crippen molar-refractivity contribution in [2.45, 2.75) is 75.7 Å². The summed E-state index contributed by atoms with van der Waals surface area (Å²) in [6.07, 6.45) is 10.4. The number of hydrogen-bond acceptors (Lipinski definition) is 8. The standard InChI is InChI=1S/C34H36FN5O4S/c1-20-6-3-7-21(2)30(20)32-31(35)33-39-34(38-32)40-45(41,42)27-11-4-8-23(15-27)28(24(19-43-33)14-22-12-13-22)16-29-36-17-26(18-37-29)44-25-9-5-10-25/h3-4,6-8,11,15,17-18,22,24-25,28H,5,9-10,12-14,16,19H2,1-2H3,(H,38,39,40)/t24-,28?/m1/s1. The number of fused-ring (bicyclic) bond motifs is 4. The number of rotatable bonds is 7. The fourth-order valence-electron chi connectivity index (χ4n) is 6.27. The second-order valence-corrected chi connectivity index (χ2v) is 14.2. The molecule has 0 radical (unpaired) electrons. The Morgan fingerprint density at radius 3 is 2.42 bits per heavy atom. The number of nitrogens with one attached hydrogen (secondary N) is 1. The number of aromatic nitrogens is 4. The topological polar surface area (TPSA) is 116 Å². The molecule has 234 valence electrons. The van der Waals surface area contributed by atoms with E-state index in [-0.39, 0.29) is 47.0 Å². The smallest absolute Gasteiger partial charge is 0.264 e. The van der Waals surface area contributed by atoms with Crippen molar-refractivity contribution < 1.29 is 22.3 Å². The Balaban J connectivity index is 1.29. The summed E-state index contributed by atoms with van der Waals surface area (Å²) >= 11 is 0. The molecule has 2 atom stereocenters. The van der Waals surface area contributed by atoms with Gasteiger partial charge in [-0.25, -0.2) is 28.1 Å². The van der Waals surface area contributed by atoms with Gasteiger partial charge in [0.15, 0.2) is 5.75 Å². The summed E-state index contributed by atoms with van der Waals surface area (Å²) in [5.74, 6) is 0.262. The highest BCUT2D eigenvalue weighted by Crippen LogP contribution is 2.42. The molecule has 1 N–H and O–H groups in total. The molecule has 2 fully saturated rings. The van der Waals surface area contributed by atoms with Crippen molar-refractivity contribution in [1.82, 2.24) is 19.9 Å². The molecule has 2 aromatic heterocycles. The second-order valence-electron chi connectivity index (χ2n) is 12.5. The largest absolute Gasteiger partial charge is 0.487 e. The fraction of sp³-hybridized carbons (Fsp3) is 0.412. The van der Waals surface area contributed by atoms with Gasteiger partial charge in [0.05, 0.1) is 30.0 Å². The van der Waals surface area contributed by atoms with Crippen molar-refractivity contribution in [3.05, 3.63) is 83.2 Å². The summed E-state index contributed by atoms with van der Waals surface area (Å²) in [5, 5.41) is 0. The van der Waals surface area contributed by atoms with E-state index in [0.717, 1.165) is 48.8 Å². The van der Waals surface area contributed by atoms with Crippen LogP contribution in [0.2, 0.25) is 0 Å². The molecule has 2 saturated carbocycles. The van der Waals surface area contributed by atoms with E-state index in [4.69, 9.17) is 9.47 Å². The lowest BCUT2D eigenvalue weighted by Gasteiger charge is -2.29. The van der Waals surface area contributed by atoms with Gasteiger partial charge in [-0.15, -0.1) is 0 Å². The lowest BCUT2D eigenvalue weighted by molar-refractivity contribution is 0.119. The lowest BCUT2D eigenvalue weighted by Crippen LogP contribution is -2.26. The molecule has 45 heavy (non-hydrogen) atoms. The summed E-state index contributed by atoms with van der Waals surface area (Å²) in [4.78, 5) is 17.9. The minimum atomic E-state index is -4.12. The molecule has 0 amide bonds. The Bertz CT molecular complexity index is 1810. The maximum Gasteiger partial charge on any atom is 0.264 e. The fourth-order valence-corrected chi connectivity index (χ4v) is 7.27. The monoisotopic (exact) mass is 629 g/mol. The van der Waals surface area contributed by atoms with Crippen LogP contribution in [-0.4, -0.2) is 41.1 Å². The molecule has 4 bridgehead atoms. The molecule has 3 aliphatic rings. The molecule has 7 rings (SSSR count). The predicted molar refractivity (Wildman–Crippen MR) is 167 cm³/mol. The van der Waals surface area contributed by atoms with E-state index in [1.54, 1.807) is 30.6 Å². The number of halogens is 1. The summed E-state index contributed by atoms with van der Waals surface area (Å²) in [6.45, 7) is 3.91. The van der Waals surface area contributed by atoms with E-state index in [1.165, 1.54) is 6.42 Å². The highest BCUT2D eigenvalue weighted by atomic mass is 32.2. The third-order valence-electron chi connectivity index (χ3n) is 9.14. The van der Waals surface area contributed by atoms with Crippen molar-refractivity contribution in [2.24, 2.45) is 11.8 Å². The average molecular weight is 630 g/mol. The van der Waals surface area contributed by atoms with Gasteiger partial charge < -0.3 is 9.47 Å². The van der Waals surface area contributed by atoms with E-state index < -0.39 is 15.8 Å². The first-order valence-electron chi connectivity index (χ1n) is 15.6. The first-order chi connectivity index (χ1) is 21.7. The van der Waals surface area contributed by atoms with E-state index >= 15 is 4.39 Å². The number of benzene rings is 2. The van der Waals surface area contributed by atoms with Crippen molar-refractivity contribution >= 4 is 16.0 Å². The summed E-state index contributed by atoms with van der Waals surface area (Å²) in [7, 11) is -4.12. The van der Waals surface area contributed by atoms with Crippen molar-refractivity contribution in [1.29, 1.82) is 0 Å². The van der Waals surface area contributed by atoms with Crippen LogP contribution in [0.15, 0.2) is 59.8 Å². The van der Waals surface area contributed by atoms with Crippen LogP contribution in [0.3, 0.4) is 0 Å². The molecule has 4 aromatic rings. The van der Waals surface area contributed by atoms with Gasteiger partial charge in [0.1, 0.15) is 11.5 Å². The van der Waals surface area contributed by atoms with Gasteiger partial charge in [0.25, 0.3) is 15.9 Å². The van der Waals surface area contributed by atoms with Crippen LogP contribution >= 0.6 is 0 Å². The van der Waals surface area contributed by atoms with Crippen LogP contribution in [0.4, 0.5) is 10.3 Å². The first kappa shape index (κ1) is 29.6. The molecule has 0 saturated heterocycles. The van der Waals surface area contributed by atoms with E-state index in [1.807, 2.05) is 38.1 Å². The van der Waals surface area contributed by atoms with E-state index in [9.17, 15) is 8.42 Å². The number of aryl methyl sites for hydroxylation is 2. The number of nitrogens with zero attached hydrogens (tertiary/aromatic N) is 4. The lowest BCUT2D eigenvalue weighted by atomic mass is 9.80. The quantitative estimate of drug-likeness (QED) is 0.245. The number of sulfonamides is 1. The van der Waals surface area contributed by atoms with Gasteiger partial charge in [-0.2, -0.15) is 9.37 Å². The molecule has 2 aromatic carbocycles. The Labute approximate surface area is 262 Å². The molecule has 3 heterocycles. The molecule has 0 spiro atoms. The second kappa shape index (κ2) is 12.0. The van der Waals surface area contributed by atoms with Crippen LogP contribution < -0.4 is 14.2 Å². The number of anilines is 1. The zero-order chi connectivity index (χ0) is 31.1. The average Bonchev–Trinajstić information content (AvgIpc) is 3.82. The molecule has 9 nitrogen and oxygen atoms in total. The van der Waals surface area contributed by atoms with E-state index in [0.29, 0.717) is 29.5 Å². The normalized spacial score (nSPS) is 21.0. The van der Waals surface area contributed by atoms with Gasteiger partial charge in [0, 0.05) is 17.9 Å². The number of ether oxygens (including phenoxy) is 2. The van der Waals surface area contributed by atoms with Crippen molar-refractivity contribution in [2.75, 3.05) is 11.3 Å². The maximum atomic E-state index is 16.2. The minimum absolute atomic E-state index is 0.00740. The Hall–Kier alpha value is -4.12. The highest BCUT2D eigenvalue weighted by molar-refractivity contribution is 7.92. The van der Waals surface area contributed by atoms with Gasteiger partial charge >= 0.3 is 0 Å². The van der Waals surface area contributed by atoms with Gasteiger partial charge in [-0.3, -0.25) is 0 Å². The Kier molecular flexibility index (Phi) is 7.89. The summed E-state index contributed by atoms with van der Waals surface area (Å²) < 4.78 is 58.2. The van der Waals surface area contributed by atoms with Crippen molar-refractivity contribution in [3.8, 4) is 22.9 Å². The van der Waals surface area contributed by atoms with Crippen LogP contribution in [0.25, 0.3) is 11.3 Å².